The van der Waals surface area contributed by atoms with Crippen molar-refractivity contribution in [3.8, 4) is 5.69 Å². The first-order valence-corrected chi connectivity index (χ1v) is 9.84. The number of fused-ring (bicyclic) bond motifs is 1. The fourth-order valence-corrected chi connectivity index (χ4v) is 4.52. The highest BCUT2D eigenvalue weighted by Gasteiger charge is 2.18. The molecular formula is C20H22N4OS. The summed E-state index contributed by atoms with van der Waals surface area (Å²) in [7, 11) is 0. The Morgan fingerprint density at radius 3 is 2.92 bits per heavy atom. The van der Waals surface area contributed by atoms with Crippen molar-refractivity contribution < 1.29 is 4.79 Å². The first-order valence-electron chi connectivity index (χ1n) is 9.02. The molecular weight excluding hydrogens is 344 g/mol. The molecule has 3 aromatic rings. The highest BCUT2D eigenvalue weighted by Crippen LogP contribution is 2.30. The van der Waals surface area contributed by atoms with Crippen molar-refractivity contribution in [1.29, 1.82) is 0 Å². The zero-order valence-corrected chi connectivity index (χ0v) is 15.8. The van der Waals surface area contributed by atoms with Gasteiger partial charge >= 0.3 is 0 Å². The van der Waals surface area contributed by atoms with Gasteiger partial charge in [-0.15, -0.1) is 11.3 Å². The van der Waals surface area contributed by atoms with Crippen molar-refractivity contribution in [3.05, 3.63) is 47.0 Å². The molecule has 4 rings (SSSR count). The van der Waals surface area contributed by atoms with Gasteiger partial charge in [-0.05, 0) is 56.7 Å². The number of nitrogens with one attached hydrogen (secondary N) is 1. The van der Waals surface area contributed by atoms with Crippen molar-refractivity contribution in [1.82, 2.24) is 15.2 Å². The number of aryl methyl sites for hydroxylation is 1. The van der Waals surface area contributed by atoms with E-state index in [-0.39, 0.29) is 5.91 Å². The predicted octanol–water partition coefficient (Wildman–Crippen LogP) is 4.69. The summed E-state index contributed by atoms with van der Waals surface area (Å²) in [4.78, 5) is 14.2. The normalized spacial score (nSPS) is 19.2. The summed E-state index contributed by atoms with van der Waals surface area (Å²) in [6.45, 7) is 4.21. The molecule has 1 aliphatic rings. The van der Waals surface area contributed by atoms with E-state index >= 15 is 0 Å². The molecule has 6 heteroatoms. The molecule has 1 atom stereocenters. The third-order valence-electron chi connectivity index (χ3n) is 4.83. The van der Waals surface area contributed by atoms with E-state index in [2.05, 4.69) is 22.5 Å². The topological polar surface area (TPSA) is 59.3 Å². The van der Waals surface area contributed by atoms with Crippen LogP contribution in [0.25, 0.3) is 15.9 Å². The molecule has 134 valence electrons. The molecule has 1 unspecified atom stereocenters. The first kappa shape index (κ1) is 17.0. The average Bonchev–Trinajstić information content (AvgIpc) is 3.21. The number of amides is 1. The number of hydrogen-bond acceptors (Lipinski definition) is 4. The van der Waals surface area contributed by atoms with E-state index in [0.29, 0.717) is 10.8 Å². The van der Waals surface area contributed by atoms with E-state index in [9.17, 15) is 4.79 Å². The number of benzene rings is 1. The van der Waals surface area contributed by atoms with Crippen LogP contribution < -0.4 is 5.43 Å². The molecule has 1 N–H and O–H groups in total. The Kier molecular flexibility index (Phi) is 4.59. The zero-order valence-electron chi connectivity index (χ0n) is 15.0. The fourth-order valence-electron chi connectivity index (χ4n) is 3.45. The van der Waals surface area contributed by atoms with E-state index < -0.39 is 0 Å². The SMILES string of the molecule is Cc1nn(-c2ccccc2)c2sc(C(=O)N/N=C3/CCCC(C)C3)cc12. The minimum absolute atomic E-state index is 0.143. The van der Waals surface area contributed by atoms with Crippen LogP contribution in [0.4, 0.5) is 0 Å². The van der Waals surface area contributed by atoms with Crippen LogP contribution in [0.5, 0.6) is 0 Å². The maximum Gasteiger partial charge on any atom is 0.281 e. The van der Waals surface area contributed by atoms with E-state index in [1.54, 1.807) is 0 Å². The van der Waals surface area contributed by atoms with Crippen LogP contribution in [-0.4, -0.2) is 21.4 Å². The first-order chi connectivity index (χ1) is 12.6. The van der Waals surface area contributed by atoms with Gasteiger partial charge in [0, 0.05) is 11.1 Å². The maximum absolute atomic E-state index is 12.6. The third-order valence-corrected chi connectivity index (χ3v) is 5.94. The number of nitrogens with zero attached hydrogens (tertiary/aromatic N) is 3. The molecule has 2 heterocycles. The summed E-state index contributed by atoms with van der Waals surface area (Å²) >= 11 is 1.45. The summed E-state index contributed by atoms with van der Waals surface area (Å²) < 4.78 is 1.90. The van der Waals surface area contributed by atoms with Crippen LogP contribution in [0.1, 0.15) is 48.0 Å². The summed E-state index contributed by atoms with van der Waals surface area (Å²) in [6, 6.07) is 11.9. The Bertz CT molecular complexity index is 971. The summed E-state index contributed by atoms with van der Waals surface area (Å²) in [5.41, 5.74) is 5.77. The largest absolute Gasteiger partial charge is 0.281 e. The lowest BCUT2D eigenvalue weighted by Gasteiger charge is -2.18. The van der Waals surface area contributed by atoms with Crippen LogP contribution in [0, 0.1) is 12.8 Å². The lowest BCUT2D eigenvalue weighted by Crippen LogP contribution is -2.21. The summed E-state index contributed by atoms with van der Waals surface area (Å²) in [5, 5.41) is 10.0. The summed E-state index contributed by atoms with van der Waals surface area (Å²) in [5.74, 6) is 0.513. The standard InChI is InChI=1S/C20H22N4OS/c1-13-7-6-8-15(11-13)21-22-19(25)18-12-17-14(2)23-24(20(17)26-18)16-9-4-3-5-10-16/h3-5,9-10,12-13H,6-8,11H2,1-2H3,(H,22,25)/b21-15-. The molecule has 5 nitrogen and oxygen atoms in total. The maximum atomic E-state index is 12.6. The zero-order chi connectivity index (χ0) is 18.1. The quantitative estimate of drug-likeness (QED) is 0.684. The smallest absolute Gasteiger partial charge is 0.266 e. The number of hydrazone groups is 1. The number of para-hydroxylation sites is 1. The monoisotopic (exact) mass is 366 g/mol. The minimum Gasteiger partial charge on any atom is -0.266 e. The second-order valence-electron chi connectivity index (χ2n) is 6.98. The van der Waals surface area contributed by atoms with Crippen molar-refractivity contribution in [2.75, 3.05) is 0 Å². The van der Waals surface area contributed by atoms with E-state index in [0.717, 1.165) is 46.6 Å². The van der Waals surface area contributed by atoms with E-state index in [1.807, 2.05) is 48.0 Å². The van der Waals surface area contributed by atoms with Crippen molar-refractivity contribution in [3.63, 3.8) is 0 Å². The molecule has 1 amide bonds. The van der Waals surface area contributed by atoms with Gasteiger partial charge in [-0.3, -0.25) is 4.79 Å². The van der Waals surface area contributed by atoms with Gasteiger partial charge in [-0.1, -0.05) is 25.1 Å². The number of carbonyl (C=O) groups is 1. The lowest BCUT2D eigenvalue weighted by molar-refractivity contribution is 0.0958. The van der Waals surface area contributed by atoms with Gasteiger partial charge in [0.2, 0.25) is 0 Å². The van der Waals surface area contributed by atoms with Gasteiger partial charge in [-0.2, -0.15) is 10.2 Å². The van der Waals surface area contributed by atoms with Gasteiger partial charge in [0.25, 0.3) is 5.91 Å². The highest BCUT2D eigenvalue weighted by atomic mass is 32.1. The third kappa shape index (κ3) is 3.29. The van der Waals surface area contributed by atoms with Crippen LogP contribution in [0.2, 0.25) is 0 Å². The lowest BCUT2D eigenvalue weighted by atomic mass is 9.89. The van der Waals surface area contributed by atoms with E-state index in [1.165, 1.54) is 17.8 Å². The molecule has 1 aliphatic carbocycles. The van der Waals surface area contributed by atoms with Gasteiger partial charge in [0.05, 0.1) is 16.3 Å². The number of aromatic nitrogens is 2. The second-order valence-corrected chi connectivity index (χ2v) is 8.01. The molecule has 0 radical (unpaired) electrons. The van der Waals surface area contributed by atoms with Crippen LogP contribution in [0.3, 0.4) is 0 Å². The van der Waals surface area contributed by atoms with Gasteiger partial charge < -0.3 is 0 Å². The van der Waals surface area contributed by atoms with Gasteiger partial charge in [0.15, 0.2) is 0 Å². The fraction of sp³-hybridized carbons (Fsp3) is 0.350. The Labute approximate surface area is 156 Å². The van der Waals surface area contributed by atoms with Gasteiger partial charge in [-0.25, -0.2) is 10.1 Å². The Morgan fingerprint density at radius 1 is 1.35 bits per heavy atom. The van der Waals surface area contributed by atoms with Crippen LogP contribution >= 0.6 is 11.3 Å². The van der Waals surface area contributed by atoms with Crippen LogP contribution in [0.15, 0.2) is 41.5 Å². The molecule has 2 aromatic heterocycles. The van der Waals surface area contributed by atoms with Crippen molar-refractivity contribution in [2.45, 2.75) is 39.5 Å². The number of hydrogen-bond donors (Lipinski definition) is 1. The number of rotatable bonds is 3. The minimum atomic E-state index is -0.143. The molecule has 26 heavy (non-hydrogen) atoms. The number of carbonyl (C=O) groups excluding carboxylic acids is 1. The van der Waals surface area contributed by atoms with Gasteiger partial charge in [0.1, 0.15) is 4.83 Å². The van der Waals surface area contributed by atoms with Crippen molar-refractivity contribution >= 4 is 33.2 Å². The molecule has 0 aliphatic heterocycles. The Hall–Kier alpha value is -2.47. The summed E-state index contributed by atoms with van der Waals surface area (Å²) in [6.07, 6.45) is 4.37. The molecule has 0 saturated heterocycles. The molecule has 1 fully saturated rings. The van der Waals surface area contributed by atoms with Crippen LogP contribution in [-0.2, 0) is 0 Å². The number of thiophene rings is 1. The molecule has 0 spiro atoms. The second kappa shape index (κ2) is 7.03. The Balaban J connectivity index is 1.59. The molecule has 1 aromatic carbocycles. The highest BCUT2D eigenvalue weighted by molar-refractivity contribution is 7.20. The Morgan fingerprint density at radius 2 is 2.15 bits per heavy atom. The van der Waals surface area contributed by atoms with Crippen molar-refractivity contribution in [2.24, 2.45) is 11.0 Å². The average molecular weight is 366 g/mol. The predicted molar refractivity (Wildman–Crippen MR) is 106 cm³/mol. The van der Waals surface area contributed by atoms with E-state index in [4.69, 9.17) is 0 Å². The molecule has 0 bridgehead atoms. The molecule has 1 saturated carbocycles.